The van der Waals surface area contributed by atoms with Crippen LogP contribution in [-0.4, -0.2) is 33.6 Å². The van der Waals surface area contributed by atoms with Crippen LogP contribution in [0.4, 0.5) is 17.2 Å². The number of allylic oxidation sites excluding steroid dienone is 8. The van der Waals surface area contributed by atoms with Crippen molar-refractivity contribution in [3.8, 4) is 11.8 Å². The molecule has 0 fully saturated rings. The summed E-state index contributed by atoms with van der Waals surface area (Å²) in [7, 11) is 0. The number of hydrogen-bond donors (Lipinski definition) is 3. The lowest BCUT2D eigenvalue weighted by Gasteiger charge is -2.14. The Labute approximate surface area is 255 Å². The molecule has 0 saturated heterocycles. The minimum Gasteiger partial charge on any atom is -0.457 e. The molecule has 0 atom stereocenters. The average molecular weight is 583 g/mol. The van der Waals surface area contributed by atoms with E-state index in [1.165, 1.54) is 6.33 Å². The van der Waals surface area contributed by atoms with Crippen molar-refractivity contribution in [3.63, 3.8) is 0 Å². The standard InChI is InChI=1S/C36H30N4O4/c41-20-10-9-15-34(42)39-29-18-19-33-32(23-29)35(38-25-37-33)40-30-17-16-28(21-26-11-5-2-1-3-6-12-26)31(22-30)36(43)44-24-27-13-7-4-8-14-27/h1-8,11-14,16-19,22-23,25,41H,10,20-21,24H2,(H,39,42)(H,37,38,40)/b2-1-,3-1?,5-2?,6-3-,11-5?,12-6?,26-11?,26-12?. The van der Waals surface area contributed by atoms with Gasteiger partial charge in [-0.1, -0.05) is 84.9 Å². The Balaban J connectivity index is 1.43. The molecular weight excluding hydrogens is 552 g/mol. The first-order valence-corrected chi connectivity index (χ1v) is 14.1. The van der Waals surface area contributed by atoms with Crippen LogP contribution >= 0.6 is 0 Å². The summed E-state index contributed by atoms with van der Waals surface area (Å²) in [5.41, 5.74) is 5.01. The number of benzene rings is 3. The number of ether oxygens (including phenoxy) is 1. The van der Waals surface area contributed by atoms with Gasteiger partial charge >= 0.3 is 5.97 Å². The van der Waals surface area contributed by atoms with Crippen molar-refractivity contribution in [2.24, 2.45) is 0 Å². The number of carbonyl (C=O) groups excluding carboxylic acids is 2. The fraction of sp³-hybridized carbons (Fsp3) is 0.111. The molecule has 0 saturated carbocycles. The van der Waals surface area contributed by atoms with E-state index >= 15 is 0 Å². The zero-order valence-corrected chi connectivity index (χ0v) is 23.9. The number of fused-ring (bicyclic) bond motifs is 1. The normalized spacial score (nSPS) is 13.4. The van der Waals surface area contributed by atoms with E-state index in [0.29, 0.717) is 40.1 Å². The zero-order chi connectivity index (χ0) is 30.6. The lowest BCUT2D eigenvalue weighted by atomic mass is 9.98. The highest BCUT2D eigenvalue weighted by Gasteiger charge is 2.16. The second-order valence-corrected chi connectivity index (χ2v) is 9.79. The number of amides is 1. The predicted molar refractivity (Wildman–Crippen MR) is 172 cm³/mol. The summed E-state index contributed by atoms with van der Waals surface area (Å²) < 4.78 is 5.73. The number of aliphatic hydroxyl groups is 1. The van der Waals surface area contributed by atoms with Crippen molar-refractivity contribution >= 4 is 40.0 Å². The summed E-state index contributed by atoms with van der Waals surface area (Å²) in [6, 6.07) is 20.4. The van der Waals surface area contributed by atoms with Gasteiger partial charge in [-0.3, -0.25) is 4.79 Å². The average Bonchev–Trinajstić information content (AvgIpc) is 3.02. The Hall–Kier alpha value is -5.78. The number of hydrogen-bond acceptors (Lipinski definition) is 7. The van der Waals surface area contributed by atoms with Crippen molar-refractivity contribution in [2.75, 3.05) is 17.2 Å². The molecule has 8 nitrogen and oxygen atoms in total. The number of rotatable bonds is 9. The van der Waals surface area contributed by atoms with Gasteiger partial charge in [-0.25, -0.2) is 14.8 Å². The van der Waals surface area contributed by atoms with Gasteiger partial charge in [-0.05, 0) is 59.4 Å². The van der Waals surface area contributed by atoms with Crippen LogP contribution in [0.2, 0.25) is 0 Å². The number of aliphatic hydroxyl groups excluding tert-OH is 1. The summed E-state index contributed by atoms with van der Waals surface area (Å²) in [6.07, 6.45) is 16.0. The molecule has 44 heavy (non-hydrogen) atoms. The van der Waals surface area contributed by atoms with E-state index in [2.05, 4.69) is 32.4 Å². The number of esters is 1. The monoisotopic (exact) mass is 582 g/mol. The smallest absolute Gasteiger partial charge is 0.338 e. The number of nitrogens with zero attached hydrogens (tertiary/aromatic N) is 2. The Kier molecular flexibility index (Phi) is 10.1. The Morgan fingerprint density at radius 3 is 2.57 bits per heavy atom. The molecule has 8 heteroatoms. The summed E-state index contributed by atoms with van der Waals surface area (Å²) in [6.45, 7) is 0.0439. The highest BCUT2D eigenvalue weighted by molar-refractivity contribution is 6.05. The Bertz CT molecular complexity index is 1850. The first-order valence-electron chi connectivity index (χ1n) is 14.1. The highest BCUT2D eigenvalue weighted by Crippen LogP contribution is 2.28. The molecule has 1 aliphatic carbocycles. The molecule has 0 aliphatic heterocycles. The first kappa shape index (κ1) is 29.7. The molecule has 218 valence electrons. The molecule has 1 aromatic heterocycles. The zero-order valence-electron chi connectivity index (χ0n) is 23.9. The van der Waals surface area contributed by atoms with Gasteiger partial charge in [0.15, 0.2) is 0 Å². The van der Waals surface area contributed by atoms with Crippen LogP contribution in [0.1, 0.15) is 27.9 Å². The van der Waals surface area contributed by atoms with E-state index in [9.17, 15) is 9.59 Å². The van der Waals surface area contributed by atoms with Crippen molar-refractivity contribution in [1.29, 1.82) is 0 Å². The van der Waals surface area contributed by atoms with E-state index in [1.807, 2.05) is 85.0 Å². The van der Waals surface area contributed by atoms with E-state index in [4.69, 9.17) is 9.84 Å². The molecule has 3 N–H and O–H groups in total. The summed E-state index contributed by atoms with van der Waals surface area (Å²) in [5.74, 6) is 4.63. The van der Waals surface area contributed by atoms with Crippen LogP contribution < -0.4 is 10.6 Å². The lowest BCUT2D eigenvalue weighted by molar-refractivity contribution is -0.111. The maximum absolute atomic E-state index is 13.5. The molecule has 1 amide bonds. The molecule has 3 aromatic carbocycles. The minimum atomic E-state index is -0.487. The lowest BCUT2D eigenvalue weighted by Crippen LogP contribution is -2.10. The van der Waals surface area contributed by atoms with Gasteiger partial charge in [0.05, 0.1) is 17.7 Å². The molecule has 0 unspecified atom stereocenters. The summed E-state index contributed by atoms with van der Waals surface area (Å²) in [5, 5.41) is 15.6. The number of anilines is 3. The van der Waals surface area contributed by atoms with Gasteiger partial charge in [-0.15, -0.1) is 0 Å². The summed E-state index contributed by atoms with van der Waals surface area (Å²) >= 11 is 0. The molecule has 0 spiro atoms. The highest BCUT2D eigenvalue weighted by atomic mass is 16.5. The molecule has 4 aromatic rings. The van der Waals surface area contributed by atoms with Crippen LogP contribution in [0.3, 0.4) is 0 Å². The van der Waals surface area contributed by atoms with Crippen molar-refractivity contribution in [1.82, 2.24) is 9.97 Å². The fourth-order valence-electron chi connectivity index (χ4n) is 4.48. The van der Waals surface area contributed by atoms with Gasteiger partial charge < -0.3 is 20.5 Å². The second-order valence-electron chi connectivity index (χ2n) is 9.79. The van der Waals surface area contributed by atoms with Crippen molar-refractivity contribution < 1.29 is 19.4 Å². The first-order chi connectivity index (χ1) is 21.6. The van der Waals surface area contributed by atoms with E-state index in [1.54, 1.807) is 24.3 Å². The third kappa shape index (κ3) is 8.16. The van der Waals surface area contributed by atoms with E-state index in [0.717, 1.165) is 16.7 Å². The van der Waals surface area contributed by atoms with Gasteiger partial charge in [-0.2, -0.15) is 0 Å². The number of aromatic nitrogens is 2. The largest absolute Gasteiger partial charge is 0.457 e. The fourth-order valence-corrected chi connectivity index (χ4v) is 4.48. The molecule has 1 aliphatic rings. The van der Waals surface area contributed by atoms with Crippen molar-refractivity contribution in [2.45, 2.75) is 19.4 Å². The number of nitrogens with one attached hydrogen (secondary N) is 2. The third-order valence-corrected chi connectivity index (χ3v) is 6.60. The maximum atomic E-state index is 13.5. The predicted octanol–water partition coefficient (Wildman–Crippen LogP) is 6.21. The van der Waals surface area contributed by atoms with E-state index in [-0.39, 0.29) is 19.6 Å². The van der Waals surface area contributed by atoms with E-state index < -0.39 is 11.9 Å². The SMILES string of the molecule is O=C(C#CCCO)Nc1ccc2ncnc(Nc3ccc(CC4=C/C=C\C=C/C=C4)c(C(=O)OCc4ccccc4)c3)c2c1. The van der Waals surface area contributed by atoms with Gasteiger partial charge in [0.1, 0.15) is 18.8 Å². The van der Waals surface area contributed by atoms with Gasteiger partial charge in [0, 0.05) is 23.2 Å². The Morgan fingerprint density at radius 2 is 1.70 bits per heavy atom. The van der Waals surface area contributed by atoms with Crippen LogP contribution in [0, 0.1) is 11.8 Å². The van der Waals surface area contributed by atoms with Crippen LogP contribution in [0.25, 0.3) is 10.9 Å². The van der Waals surface area contributed by atoms with Crippen LogP contribution in [-0.2, 0) is 22.6 Å². The van der Waals surface area contributed by atoms with Gasteiger partial charge in [0.2, 0.25) is 0 Å². The molecule has 0 radical (unpaired) electrons. The topological polar surface area (TPSA) is 113 Å². The molecule has 0 bridgehead atoms. The minimum absolute atomic E-state index is 0.111. The maximum Gasteiger partial charge on any atom is 0.338 e. The number of carbonyl (C=O) groups is 2. The van der Waals surface area contributed by atoms with Crippen molar-refractivity contribution in [3.05, 3.63) is 138 Å². The Morgan fingerprint density at radius 1 is 0.886 bits per heavy atom. The van der Waals surface area contributed by atoms with Crippen LogP contribution in [0.5, 0.6) is 0 Å². The molecule has 5 rings (SSSR count). The molecule has 1 heterocycles. The quantitative estimate of drug-likeness (QED) is 0.159. The third-order valence-electron chi connectivity index (χ3n) is 6.60. The second kappa shape index (κ2) is 14.9. The van der Waals surface area contributed by atoms with Gasteiger partial charge in [0.25, 0.3) is 5.91 Å². The summed E-state index contributed by atoms with van der Waals surface area (Å²) in [4.78, 5) is 34.4. The van der Waals surface area contributed by atoms with Crippen LogP contribution in [0.15, 0.2) is 121 Å². The molecular formula is C36H30N4O4.